The summed E-state index contributed by atoms with van der Waals surface area (Å²) in [6.07, 6.45) is 4.22. The molecule has 5 heteroatoms. The first-order chi connectivity index (χ1) is 13.8. The number of benzene rings is 2. The van der Waals surface area contributed by atoms with E-state index in [2.05, 4.69) is 79.7 Å². The van der Waals surface area contributed by atoms with Gasteiger partial charge in [0.05, 0.1) is 18.6 Å². The summed E-state index contributed by atoms with van der Waals surface area (Å²) in [5.41, 5.74) is 5.40. The fraction of sp³-hybridized carbons (Fsp3) is 0.292. The predicted octanol–water partition coefficient (Wildman–Crippen LogP) is 5.34. The number of hydrogen-bond acceptors (Lipinski definition) is 1. The molecule has 2 aromatic rings. The molecule has 29 heavy (non-hydrogen) atoms. The van der Waals surface area contributed by atoms with Crippen LogP contribution < -0.4 is 10.6 Å². The minimum Gasteiger partial charge on any atom is -0.347 e. The van der Waals surface area contributed by atoms with E-state index in [4.69, 9.17) is 0 Å². The number of hydrogen-bond donors (Lipinski definition) is 2. The van der Waals surface area contributed by atoms with Crippen LogP contribution in [0.4, 0.5) is 8.78 Å². The molecule has 0 aromatic heterocycles. The van der Waals surface area contributed by atoms with Crippen LogP contribution >= 0.6 is 0 Å². The third kappa shape index (κ3) is 5.31. The number of guanidine groups is 1. The van der Waals surface area contributed by atoms with E-state index < -0.39 is 11.6 Å². The maximum Gasteiger partial charge on any atom is 0.192 e. The van der Waals surface area contributed by atoms with Gasteiger partial charge in [0.1, 0.15) is 0 Å². The lowest BCUT2D eigenvalue weighted by molar-refractivity contribution is 0.507. The van der Waals surface area contributed by atoms with Crippen molar-refractivity contribution in [3.63, 3.8) is 0 Å². The molecule has 1 aliphatic heterocycles. The van der Waals surface area contributed by atoms with Crippen LogP contribution in [0.2, 0.25) is 0 Å². The van der Waals surface area contributed by atoms with Gasteiger partial charge >= 0.3 is 0 Å². The number of nitrogens with zero attached hydrogens (tertiary/aromatic N) is 1. The first kappa shape index (κ1) is 20.8. The molecule has 152 valence electrons. The molecule has 0 unspecified atom stereocenters. The van der Waals surface area contributed by atoms with E-state index in [1.807, 2.05) is 0 Å². The Kier molecular flexibility index (Phi) is 6.47. The van der Waals surface area contributed by atoms with Crippen LogP contribution in [0.3, 0.4) is 0 Å². The van der Waals surface area contributed by atoms with Gasteiger partial charge in [-0.3, -0.25) is 0 Å². The van der Waals surface area contributed by atoms with Crippen LogP contribution in [-0.4, -0.2) is 12.0 Å². The Balaban J connectivity index is 1.85. The lowest BCUT2D eigenvalue weighted by Gasteiger charge is -2.20. The van der Waals surface area contributed by atoms with Crippen molar-refractivity contribution in [3.05, 3.63) is 94.1 Å². The zero-order chi connectivity index (χ0) is 21.0. The minimum atomic E-state index is -0.856. The van der Waals surface area contributed by atoms with Gasteiger partial charge in [-0.15, -0.1) is 0 Å². The Morgan fingerprint density at radius 3 is 2.34 bits per heavy atom. The van der Waals surface area contributed by atoms with E-state index >= 15 is 0 Å². The molecule has 1 saturated heterocycles. The van der Waals surface area contributed by atoms with E-state index in [1.54, 1.807) is 6.07 Å². The van der Waals surface area contributed by atoms with Gasteiger partial charge in [0.2, 0.25) is 0 Å². The maximum atomic E-state index is 13.4. The van der Waals surface area contributed by atoms with E-state index in [-0.39, 0.29) is 18.6 Å². The van der Waals surface area contributed by atoms with Gasteiger partial charge in [-0.25, -0.2) is 13.8 Å². The number of allylic oxidation sites excluding steroid dienone is 3. The Bertz CT molecular complexity index is 955. The normalized spacial score (nSPS) is 20.3. The van der Waals surface area contributed by atoms with Crippen LogP contribution in [0.15, 0.2) is 70.8 Å². The molecule has 3 rings (SSSR count). The van der Waals surface area contributed by atoms with E-state index in [9.17, 15) is 8.78 Å². The molecule has 1 aliphatic rings. The molecule has 0 saturated carbocycles. The van der Waals surface area contributed by atoms with Gasteiger partial charge in [-0.1, -0.05) is 53.6 Å². The maximum absolute atomic E-state index is 13.4. The summed E-state index contributed by atoms with van der Waals surface area (Å²) in [7, 11) is 0. The first-order valence-electron chi connectivity index (χ1n) is 9.73. The average molecular weight is 395 g/mol. The second kappa shape index (κ2) is 9.03. The molecule has 1 heterocycles. The van der Waals surface area contributed by atoms with Crippen LogP contribution in [0.1, 0.15) is 43.5 Å². The van der Waals surface area contributed by atoms with E-state index in [1.165, 1.54) is 22.8 Å². The summed E-state index contributed by atoms with van der Waals surface area (Å²) in [4.78, 5) is 4.55. The van der Waals surface area contributed by atoms with Gasteiger partial charge in [0.15, 0.2) is 17.6 Å². The fourth-order valence-corrected chi connectivity index (χ4v) is 3.23. The molecular formula is C24H27F2N3. The molecule has 2 atom stereocenters. The summed E-state index contributed by atoms with van der Waals surface area (Å²) < 4.78 is 26.6. The highest BCUT2D eigenvalue weighted by atomic mass is 19.2. The summed E-state index contributed by atoms with van der Waals surface area (Å²) in [5.74, 6) is -1.06. The molecule has 0 amide bonds. The summed E-state index contributed by atoms with van der Waals surface area (Å²) in [5, 5.41) is 6.90. The Hall–Kier alpha value is -2.95. The molecule has 0 aliphatic carbocycles. The van der Waals surface area contributed by atoms with Gasteiger partial charge in [0.25, 0.3) is 0 Å². The average Bonchev–Trinajstić information content (AvgIpc) is 3.12. The third-order valence-electron chi connectivity index (χ3n) is 4.93. The monoisotopic (exact) mass is 395 g/mol. The molecule has 3 nitrogen and oxygen atoms in total. The standard InChI is InChI=1S/C24H27F2N3/c1-15(2)5-8-17(4)22-23(19-10-6-16(3)7-11-19)29-24(28-22)27-14-18-9-12-20(25)21(26)13-18/h5-13,22-23H,14H2,1-4H3,(H2,27,28,29)/b17-8+/t22-,23+/m1/s1. The van der Waals surface area contributed by atoms with Crippen molar-refractivity contribution in [3.8, 4) is 0 Å². The number of aryl methyl sites for hydroxylation is 1. The quantitative estimate of drug-likeness (QED) is 0.670. The zero-order valence-electron chi connectivity index (χ0n) is 17.3. The second-order valence-electron chi connectivity index (χ2n) is 7.72. The van der Waals surface area contributed by atoms with Gasteiger partial charge < -0.3 is 10.6 Å². The number of aliphatic imine (C=N–C) groups is 1. The Labute approximate surface area is 171 Å². The number of halogens is 2. The highest BCUT2D eigenvalue weighted by Gasteiger charge is 2.32. The Morgan fingerprint density at radius 1 is 0.966 bits per heavy atom. The van der Waals surface area contributed by atoms with Crippen LogP contribution in [0.5, 0.6) is 0 Å². The lowest BCUT2D eigenvalue weighted by atomic mass is 9.94. The minimum absolute atomic E-state index is 0.0288. The van der Waals surface area contributed by atoms with Crippen molar-refractivity contribution < 1.29 is 8.78 Å². The molecule has 0 spiro atoms. The van der Waals surface area contributed by atoms with E-state index in [0.717, 1.165) is 11.6 Å². The van der Waals surface area contributed by atoms with Crippen molar-refractivity contribution in [1.82, 2.24) is 10.6 Å². The van der Waals surface area contributed by atoms with Gasteiger partial charge in [-0.2, -0.15) is 0 Å². The highest BCUT2D eigenvalue weighted by Crippen LogP contribution is 2.26. The highest BCUT2D eigenvalue weighted by molar-refractivity contribution is 5.84. The lowest BCUT2D eigenvalue weighted by Crippen LogP contribution is -2.29. The van der Waals surface area contributed by atoms with Crippen molar-refractivity contribution in [1.29, 1.82) is 0 Å². The Morgan fingerprint density at radius 2 is 1.69 bits per heavy atom. The van der Waals surface area contributed by atoms with Crippen LogP contribution in [0, 0.1) is 18.6 Å². The first-order valence-corrected chi connectivity index (χ1v) is 9.73. The van der Waals surface area contributed by atoms with Crippen molar-refractivity contribution >= 4 is 5.96 Å². The largest absolute Gasteiger partial charge is 0.347 e. The second-order valence-corrected chi connectivity index (χ2v) is 7.72. The van der Waals surface area contributed by atoms with Crippen molar-refractivity contribution in [2.75, 3.05) is 0 Å². The number of nitrogens with one attached hydrogen (secondary N) is 2. The topological polar surface area (TPSA) is 36.4 Å². The van der Waals surface area contributed by atoms with Crippen molar-refractivity contribution in [2.24, 2.45) is 4.99 Å². The molecule has 2 N–H and O–H groups in total. The summed E-state index contributed by atoms with van der Waals surface area (Å²) >= 11 is 0. The molecule has 2 aromatic carbocycles. The summed E-state index contributed by atoms with van der Waals surface area (Å²) in [6.45, 7) is 8.55. The predicted molar refractivity (Wildman–Crippen MR) is 115 cm³/mol. The van der Waals surface area contributed by atoms with Crippen LogP contribution in [-0.2, 0) is 6.54 Å². The third-order valence-corrected chi connectivity index (χ3v) is 4.93. The van der Waals surface area contributed by atoms with Crippen LogP contribution in [0.25, 0.3) is 0 Å². The van der Waals surface area contributed by atoms with Gasteiger partial charge in [-0.05, 0) is 56.5 Å². The molecule has 0 radical (unpaired) electrons. The van der Waals surface area contributed by atoms with E-state index in [0.29, 0.717) is 11.5 Å². The SMILES string of the molecule is CC(C)=C/C=C(\C)[C@H]1NC(=NCc2ccc(F)c(F)c2)N[C@H]1c1ccc(C)cc1. The molecular weight excluding hydrogens is 368 g/mol. The molecule has 1 fully saturated rings. The fourth-order valence-electron chi connectivity index (χ4n) is 3.23. The summed E-state index contributed by atoms with van der Waals surface area (Å²) in [6, 6.07) is 12.4. The number of rotatable bonds is 5. The smallest absolute Gasteiger partial charge is 0.192 e. The zero-order valence-corrected chi connectivity index (χ0v) is 17.3. The molecule has 0 bridgehead atoms. The van der Waals surface area contributed by atoms with Crippen molar-refractivity contribution in [2.45, 2.75) is 46.3 Å². The van der Waals surface area contributed by atoms with Gasteiger partial charge in [0, 0.05) is 0 Å².